The highest BCUT2D eigenvalue weighted by Gasteiger charge is 2.09. The van der Waals surface area contributed by atoms with Gasteiger partial charge in [-0.15, -0.1) is 0 Å². The second kappa shape index (κ2) is 3.56. The number of rotatable bonds is 2. The maximum absolute atomic E-state index is 10.5. The predicted octanol–water partition coefficient (Wildman–Crippen LogP) is 3.03. The summed E-state index contributed by atoms with van der Waals surface area (Å²) in [6.07, 6.45) is 0. The van der Waals surface area contributed by atoms with E-state index in [1.165, 1.54) is 0 Å². The largest absolute Gasteiger partial charge is 0.269 e. The van der Waals surface area contributed by atoms with Gasteiger partial charge in [0.15, 0.2) is 0 Å². The molecule has 0 fully saturated rings. The van der Waals surface area contributed by atoms with E-state index in [1.54, 1.807) is 12.1 Å². The van der Waals surface area contributed by atoms with Gasteiger partial charge in [-0.1, -0.05) is 19.9 Å². The van der Waals surface area contributed by atoms with E-state index in [0.717, 1.165) is 11.1 Å². The Morgan fingerprint density at radius 3 is 2.38 bits per heavy atom. The fourth-order valence-corrected chi connectivity index (χ4v) is 1.23. The molecule has 0 heterocycles. The lowest BCUT2D eigenvalue weighted by Crippen LogP contribution is -1.93. The standard InChI is InChI=1S/C10H13NO2/c1-7(2)9-4-8(3)5-10(6-9)11(12)13/h4-7H,1-3H3. The van der Waals surface area contributed by atoms with Crippen LogP contribution < -0.4 is 0 Å². The van der Waals surface area contributed by atoms with Gasteiger partial charge in [0, 0.05) is 12.1 Å². The van der Waals surface area contributed by atoms with Crippen LogP contribution in [-0.4, -0.2) is 4.92 Å². The molecule has 0 spiro atoms. The van der Waals surface area contributed by atoms with E-state index < -0.39 is 0 Å². The van der Waals surface area contributed by atoms with Gasteiger partial charge in [-0.2, -0.15) is 0 Å². The number of hydrogen-bond acceptors (Lipinski definition) is 2. The van der Waals surface area contributed by atoms with E-state index >= 15 is 0 Å². The monoisotopic (exact) mass is 179 g/mol. The first-order chi connectivity index (χ1) is 6.00. The summed E-state index contributed by atoms with van der Waals surface area (Å²) in [6.45, 7) is 5.93. The first-order valence-electron chi connectivity index (χ1n) is 4.26. The van der Waals surface area contributed by atoms with Crippen LogP contribution in [0.1, 0.15) is 30.9 Å². The highest BCUT2D eigenvalue weighted by Crippen LogP contribution is 2.22. The molecule has 0 amide bonds. The lowest BCUT2D eigenvalue weighted by Gasteiger charge is -2.05. The van der Waals surface area contributed by atoms with Crippen LogP contribution in [0.3, 0.4) is 0 Å². The summed E-state index contributed by atoms with van der Waals surface area (Å²) in [5, 5.41) is 10.5. The first kappa shape index (κ1) is 9.71. The zero-order chi connectivity index (χ0) is 10.0. The Morgan fingerprint density at radius 1 is 1.31 bits per heavy atom. The number of hydrogen-bond donors (Lipinski definition) is 0. The van der Waals surface area contributed by atoms with Gasteiger partial charge >= 0.3 is 0 Å². The number of nitrogens with zero attached hydrogens (tertiary/aromatic N) is 1. The number of benzene rings is 1. The third-order valence-electron chi connectivity index (χ3n) is 1.96. The van der Waals surface area contributed by atoms with Crippen molar-refractivity contribution in [3.8, 4) is 0 Å². The lowest BCUT2D eigenvalue weighted by atomic mass is 10.0. The van der Waals surface area contributed by atoms with Gasteiger partial charge in [-0.3, -0.25) is 10.1 Å². The molecule has 0 aliphatic carbocycles. The van der Waals surface area contributed by atoms with Crippen molar-refractivity contribution in [1.29, 1.82) is 0 Å². The zero-order valence-corrected chi connectivity index (χ0v) is 8.07. The molecule has 1 aromatic rings. The summed E-state index contributed by atoms with van der Waals surface area (Å²) in [5.74, 6) is 0.332. The Morgan fingerprint density at radius 2 is 1.92 bits per heavy atom. The Kier molecular flexibility index (Phi) is 2.66. The van der Waals surface area contributed by atoms with Crippen LogP contribution in [-0.2, 0) is 0 Å². The normalized spacial score (nSPS) is 10.5. The maximum Gasteiger partial charge on any atom is 0.269 e. The van der Waals surface area contributed by atoms with Crippen molar-refractivity contribution < 1.29 is 4.92 Å². The zero-order valence-electron chi connectivity index (χ0n) is 8.07. The quantitative estimate of drug-likeness (QED) is 0.517. The van der Waals surface area contributed by atoms with Gasteiger partial charge in [0.25, 0.3) is 5.69 Å². The molecule has 0 atom stereocenters. The number of nitro groups is 1. The highest BCUT2D eigenvalue weighted by molar-refractivity contribution is 5.39. The van der Waals surface area contributed by atoms with E-state index in [2.05, 4.69) is 0 Å². The minimum atomic E-state index is -0.348. The highest BCUT2D eigenvalue weighted by atomic mass is 16.6. The van der Waals surface area contributed by atoms with Crippen molar-refractivity contribution in [2.75, 3.05) is 0 Å². The molecule has 0 saturated carbocycles. The third-order valence-corrected chi connectivity index (χ3v) is 1.96. The van der Waals surface area contributed by atoms with Gasteiger partial charge < -0.3 is 0 Å². The summed E-state index contributed by atoms with van der Waals surface area (Å²) in [6, 6.07) is 5.21. The Labute approximate surface area is 77.5 Å². The summed E-state index contributed by atoms with van der Waals surface area (Å²) in [4.78, 5) is 10.2. The molecule has 0 unspecified atom stereocenters. The molecule has 0 aliphatic heterocycles. The molecular weight excluding hydrogens is 166 g/mol. The van der Waals surface area contributed by atoms with Crippen molar-refractivity contribution in [3.63, 3.8) is 0 Å². The van der Waals surface area contributed by atoms with E-state index in [4.69, 9.17) is 0 Å². The molecule has 1 rings (SSSR count). The van der Waals surface area contributed by atoms with Crippen LogP contribution in [0.5, 0.6) is 0 Å². The fourth-order valence-electron chi connectivity index (χ4n) is 1.23. The van der Waals surface area contributed by atoms with Gasteiger partial charge in [-0.25, -0.2) is 0 Å². The maximum atomic E-state index is 10.5. The minimum Gasteiger partial charge on any atom is -0.258 e. The SMILES string of the molecule is Cc1cc(C(C)C)cc([N+](=O)[O-])c1. The van der Waals surface area contributed by atoms with Crippen LogP contribution in [0.2, 0.25) is 0 Å². The molecule has 13 heavy (non-hydrogen) atoms. The molecule has 0 aliphatic rings. The van der Waals surface area contributed by atoms with E-state index in [-0.39, 0.29) is 10.6 Å². The molecule has 0 saturated heterocycles. The van der Waals surface area contributed by atoms with E-state index in [1.807, 2.05) is 26.8 Å². The van der Waals surface area contributed by atoms with E-state index in [0.29, 0.717) is 5.92 Å². The van der Waals surface area contributed by atoms with Gasteiger partial charge in [0.1, 0.15) is 0 Å². The van der Waals surface area contributed by atoms with Crippen molar-refractivity contribution in [3.05, 3.63) is 39.4 Å². The average Bonchev–Trinajstić information content (AvgIpc) is 2.03. The van der Waals surface area contributed by atoms with Gasteiger partial charge in [-0.05, 0) is 24.0 Å². The van der Waals surface area contributed by atoms with Crippen molar-refractivity contribution in [1.82, 2.24) is 0 Å². The number of nitro benzene ring substituents is 1. The minimum absolute atomic E-state index is 0.184. The Hall–Kier alpha value is -1.38. The fraction of sp³-hybridized carbons (Fsp3) is 0.400. The second-order valence-electron chi connectivity index (χ2n) is 3.51. The van der Waals surface area contributed by atoms with Crippen molar-refractivity contribution in [2.24, 2.45) is 0 Å². The van der Waals surface area contributed by atoms with Crippen LogP contribution >= 0.6 is 0 Å². The van der Waals surface area contributed by atoms with Crippen LogP contribution in [0.15, 0.2) is 18.2 Å². The average molecular weight is 179 g/mol. The molecule has 1 aromatic carbocycles. The molecule has 0 N–H and O–H groups in total. The van der Waals surface area contributed by atoms with E-state index in [9.17, 15) is 10.1 Å². The van der Waals surface area contributed by atoms with Gasteiger partial charge in [0.05, 0.1) is 4.92 Å². The smallest absolute Gasteiger partial charge is 0.258 e. The first-order valence-corrected chi connectivity index (χ1v) is 4.26. The summed E-state index contributed by atoms with van der Waals surface area (Å²) in [7, 11) is 0. The summed E-state index contributed by atoms with van der Waals surface area (Å²) in [5.41, 5.74) is 2.15. The predicted molar refractivity (Wildman–Crippen MR) is 51.9 cm³/mol. The summed E-state index contributed by atoms with van der Waals surface area (Å²) < 4.78 is 0. The molecular formula is C10H13NO2. The number of non-ortho nitro benzene ring substituents is 1. The Bertz CT molecular complexity index is 332. The van der Waals surface area contributed by atoms with Crippen LogP contribution in [0.25, 0.3) is 0 Å². The number of aryl methyl sites for hydroxylation is 1. The third kappa shape index (κ3) is 2.28. The lowest BCUT2D eigenvalue weighted by molar-refractivity contribution is -0.385. The molecule has 0 aromatic heterocycles. The van der Waals surface area contributed by atoms with Crippen molar-refractivity contribution >= 4 is 5.69 Å². The molecule has 3 heteroatoms. The second-order valence-corrected chi connectivity index (χ2v) is 3.51. The molecule has 0 radical (unpaired) electrons. The van der Waals surface area contributed by atoms with Crippen LogP contribution in [0.4, 0.5) is 5.69 Å². The topological polar surface area (TPSA) is 43.1 Å². The molecule has 3 nitrogen and oxygen atoms in total. The molecule has 0 bridgehead atoms. The Balaban J connectivity index is 3.19. The molecule has 70 valence electrons. The van der Waals surface area contributed by atoms with Gasteiger partial charge in [0.2, 0.25) is 0 Å². The summed E-state index contributed by atoms with van der Waals surface area (Å²) >= 11 is 0. The van der Waals surface area contributed by atoms with Crippen LogP contribution in [0, 0.1) is 17.0 Å². The van der Waals surface area contributed by atoms with Crippen molar-refractivity contribution in [2.45, 2.75) is 26.7 Å².